The molecule has 0 bridgehead atoms. The summed E-state index contributed by atoms with van der Waals surface area (Å²) >= 11 is 0. The third kappa shape index (κ3) is 2.91. The van der Waals surface area contributed by atoms with Crippen LogP contribution < -0.4 is 5.32 Å². The van der Waals surface area contributed by atoms with E-state index in [1.165, 1.54) is 24.8 Å². The Bertz CT molecular complexity index is 550. The van der Waals surface area contributed by atoms with Crippen molar-refractivity contribution >= 4 is 0 Å². The van der Waals surface area contributed by atoms with Crippen LogP contribution in [-0.4, -0.2) is 11.5 Å². The minimum atomic E-state index is 0.382. The molecule has 1 N–H and O–H groups in total. The smallest absolute Gasteiger partial charge is 0.0293 e. The fraction of sp³-hybridized carbons (Fsp3) is 0.389. The van der Waals surface area contributed by atoms with E-state index in [1.807, 2.05) is 12.4 Å². The molecule has 104 valence electrons. The summed E-state index contributed by atoms with van der Waals surface area (Å²) in [6.45, 7) is 3.28. The Morgan fingerprint density at radius 1 is 1.20 bits per heavy atom. The summed E-state index contributed by atoms with van der Waals surface area (Å²) < 4.78 is 0. The average Bonchev–Trinajstić information content (AvgIpc) is 2.53. The van der Waals surface area contributed by atoms with E-state index in [0.717, 1.165) is 6.54 Å². The number of aromatic nitrogens is 1. The molecule has 3 rings (SSSR count). The van der Waals surface area contributed by atoms with Gasteiger partial charge in [-0.25, -0.2) is 0 Å². The Balaban J connectivity index is 1.65. The molecule has 2 atom stereocenters. The van der Waals surface area contributed by atoms with E-state index in [4.69, 9.17) is 0 Å². The van der Waals surface area contributed by atoms with Gasteiger partial charge < -0.3 is 5.32 Å². The van der Waals surface area contributed by atoms with E-state index in [9.17, 15) is 0 Å². The number of benzene rings is 1. The number of pyridine rings is 1. The highest BCUT2D eigenvalue weighted by molar-refractivity contribution is 5.32. The molecule has 0 saturated carbocycles. The Morgan fingerprint density at radius 3 is 2.85 bits per heavy atom. The monoisotopic (exact) mass is 266 g/mol. The topological polar surface area (TPSA) is 24.9 Å². The molecular formula is C18H22N2. The first-order valence-electron chi connectivity index (χ1n) is 7.55. The molecule has 1 aliphatic carbocycles. The number of nitrogens with one attached hydrogen (secondary N) is 1. The van der Waals surface area contributed by atoms with Crippen molar-refractivity contribution in [1.29, 1.82) is 0 Å². The van der Waals surface area contributed by atoms with Crippen molar-refractivity contribution in [2.75, 3.05) is 6.54 Å². The molecular weight excluding hydrogens is 244 g/mol. The number of fused-ring (bicyclic) bond motifs is 1. The first kappa shape index (κ1) is 13.3. The van der Waals surface area contributed by atoms with Crippen LogP contribution in [0.5, 0.6) is 0 Å². The lowest BCUT2D eigenvalue weighted by atomic mass is 9.82. The molecule has 0 fully saturated rings. The van der Waals surface area contributed by atoms with Gasteiger partial charge in [0.2, 0.25) is 0 Å². The van der Waals surface area contributed by atoms with Gasteiger partial charge in [-0.15, -0.1) is 0 Å². The maximum absolute atomic E-state index is 4.08. The van der Waals surface area contributed by atoms with Gasteiger partial charge in [0, 0.05) is 25.0 Å². The zero-order valence-corrected chi connectivity index (χ0v) is 12.0. The van der Waals surface area contributed by atoms with Gasteiger partial charge in [-0.1, -0.05) is 24.3 Å². The van der Waals surface area contributed by atoms with Crippen LogP contribution >= 0.6 is 0 Å². The minimum Gasteiger partial charge on any atom is -0.310 e. The molecule has 0 saturated heterocycles. The molecule has 0 spiro atoms. The normalized spacial score (nSPS) is 19.4. The molecule has 2 heteroatoms. The quantitative estimate of drug-likeness (QED) is 0.909. The summed E-state index contributed by atoms with van der Waals surface area (Å²) in [5, 5.41) is 3.68. The molecule has 1 aromatic heterocycles. The van der Waals surface area contributed by atoms with Gasteiger partial charge in [-0.2, -0.15) is 0 Å². The Labute approximate surface area is 121 Å². The molecule has 0 amide bonds. The third-order valence-corrected chi connectivity index (χ3v) is 4.37. The largest absolute Gasteiger partial charge is 0.310 e. The maximum Gasteiger partial charge on any atom is 0.0293 e. The predicted molar refractivity (Wildman–Crippen MR) is 82.8 cm³/mol. The second kappa shape index (κ2) is 6.19. The lowest BCUT2D eigenvalue weighted by molar-refractivity contribution is 0.473. The molecule has 2 nitrogen and oxygen atoms in total. The van der Waals surface area contributed by atoms with Crippen LogP contribution in [0, 0.1) is 0 Å². The predicted octanol–water partition coefficient (Wildman–Crippen LogP) is 3.85. The molecule has 20 heavy (non-hydrogen) atoms. The maximum atomic E-state index is 4.08. The molecule has 2 aromatic rings. The van der Waals surface area contributed by atoms with Crippen molar-refractivity contribution in [1.82, 2.24) is 10.3 Å². The van der Waals surface area contributed by atoms with Gasteiger partial charge in [-0.05, 0) is 60.9 Å². The van der Waals surface area contributed by atoms with Crippen LogP contribution in [-0.2, 0) is 6.42 Å². The lowest BCUT2D eigenvalue weighted by Crippen LogP contribution is -2.26. The highest BCUT2D eigenvalue weighted by atomic mass is 14.9. The Morgan fingerprint density at radius 2 is 2.00 bits per heavy atom. The van der Waals surface area contributed by atoms with E-state index in [-0.39, 0.29) is 0 Å². The van der Waals surface area contributed by atoms with E-state index in [1.54, 1.807) is 11.1 Å². The van der Waals surface area contributed by atoms with Gasteiger partial charge in [0.25, 0.3) is 0 Å². The van der Waals surface area contributed by atoms with Crippen molar-refractivity contribution in [3.63, 3.8) is 0 Å². The fourth-order valence-electron chi connectivity index (χ4n) is 3.16. The van der Waals surface area contributed by atoms with Crippen LogP contribution in [0.2, 0.25) is 0 Å². The van der Waals surface area contributed by atoms with Gasteiger partial charge >= 0.3 is 0 Å². The summed E-state index contributed by atoms with van der Waals surface area (Å²) in [5.41, 5.74) is 4.40. The standard InChI is InChI=1S/C18H22N2/c1-14(15-9-11-19-12-10-15)20-13-17-7-4-6-16-5-2-3-8-18(16)17/h2-3,5,8-12,14,17,20H,4,6-7,13H2,1H3/t14-,17?/m1/s1. The van der Waals surface area contributed by atoms with E-state index in [0.29, 0.717) is 12.0 Å². The number of hydrogen-bond acceptors (Lipinski definition) is 2. The Kier molecular flexibility index (Phi) is 4.12. The molecule has 1 heterocycles. The zero-order chi connectivity index (χ0) is 13.8. The molecule has 1 unspecified atom stereocenters. The van der Waals surface area contributed by atoms with E-state index >= 15 is 0 Å². The number of hydrogen-bond donors (Lipinski definition) is 1. The summed E-state index contributed by atoms with van der Waals surface area (Å²) in [4.78, 5) is 4.08. The van der Waals surface area contributed by atoms with Crippen molar-refractivity contribution in [3.8, 4) is 0 Å². The van der Waals surface area contributed by atoms with Gasteiger partial charge in [0.1, 0.15) is 0 Å². The summed E-state index contributed by atoms with van der Waals surface area (Å²) in [5.74, 6) is 0.657. The van der Waals surface area contributed by atoms with Crippen molar-refractivity contribution in [2.45, 2.75) is 38.1 Å². The Hall–Kier alpha value is -1.67. The summed E-state index contributed by atoms with van der Waals surface area (Å²) in [7, 11) is 0. The molecule has 1 aliphatic rings. The number of rotatable bonds is 4. The molecule has 0 radical (unpaired) electrons. The van der Waals surface area contributed by atoms with Crippen LogP contribution in [0.1, 0.15) is 48.4 Å². The molecule has 1 aromatic carbocycles. The number of aryl methyl sites for hydroxylation is 1. The van der Waals surface area contributed by atoms with Crippen LogP contribution in [0.15, 0.2) is 48.8 Å². The second-order valence-electron chi connectivity index (χ2n) is 5.70. The minimum absolute atomic E-state index is 0.382. The summed E-state index contributed by atoms with van der Waals surface area (Å²) in [6.07, 6.45) is 7.58. The van der Waals surface area contributed by atoms with Crippen molar-refractivity contribution in [2.24, 2.45) is 0 Å². The summed E-state index contributed by atoms with van der Waals surface area (Å²) in [6, 6.07) is 13.5. The first-order chi connectivity index (χ1) is 9.84. The fourth-order valence-corrected chi connectivity index (χ4v) is 3.16. The van der Waals surface area contributed by atoms with Crippen LogP contribution in [0.3, 0.4) is 0 Å². The molecule has 0 aliphatic heterocycles. The van der Waals surface area contributed by atoms with Gasteiger partial charge in [-0.3, -0.25) is 4.98 Å². The highest BCUT2D eigenvalue weighted by Gasteiger charge is 2.20. The van der Waals surface area contributed by atoms with E-state index < -0.39 is 0 Å². The average molecular weight is 266 g/mol. The van der Waals surface area contributed by atoms with Gasteiger partial charge in [0.05, 0.1) is 0 Å². The zero-order valence-electron chi connectivity index (χ0n) is 12.0. The van der Waals surface area contributed by atoms with Crippen molar-refractivity contribution < 1.29 is 0 Å². The van der Waals surface area contributed by atoms with E-state index in [2.05, 4.69) is 53.6 Å². The second-order valence-corrected chi connectivity index (χ2v) is 5.70. The van der Waals surface area contributed by atoms with Gasteiger partial charge in [0.15, 0.2) is 0 Å². The number of nitrogens with zero attached hydrogens (tertiary/aromatic N) is 1. The van der Waals surface area contributed by atoms with Crippen molar-refractivity contribution in [3.05, 3.63) is 65.5 Å². The lowest BCUT2D eigenvalue weighted by Gasteiger charge is -2.27. The highest BCUT2D eigenvalue weighted by Crippen LogP contribution is 2.31. The first-order valence-corrected chi connectivity index (χ1v) is 7.55. The van der Waals surface area contributed by atoms with Crippen LogP contribution in [0.25, 0.3) is 0 Å². The van der Waals surface area contributed by atoms with Crippen LogP contribution in [0.4, 0.5) is 0 Å². The SMILES string of the molecule is C[C@@H](NCC1CCCc2ccccc21)c1ccncc1. The third-order valence-electron chi connectivity index (χ3n) is 4.37.